The van der Waals surface area contributed by atoms with E-state index in [0.29, 0.717) is 6.42 Å². The van der Waals surface area contributed by atoms with Crippen LogP contribution < -0.4 is 4.74 Å². The van der Waals surface area contributed by atoms with E-state index in [0.717, 1.165) is 11.3 Å². The summed E-state index contributed by atoms with van der Waals surface area (Å²) in [6.45, 7) is 5.91. The summed E-state index contributed by atoms with van der Waals surface area (Å²) >= 11 is 0. The lowest BCUT2D eigenvalue weighted by Gasteiger charge is -2.13. The van der Waals surface area contributed by atoms with Crippen molar-refractivity contribution in [2.45, 2.75) is 33.3 Å². The van der Waals surface area contributed by atoms with Crippen molar-refractivity contribution in [1.82, 2.24) is 0 Å². The molecule has 0 heterocycles. The first-order chi connectivity index (χ1) is 6.56. The van der Waals surface area contributed by atoms with Gasteiger partial charge in [-0.05, 0) is 49.9 Å². The molecule has 1 atom stereocenters. The lowest BCUT2D eigenvalue weighted by molar-refractivity contribution is 0.195. The highest BCUT2D eigenvalue weighted by atomic mass is 16.5. The van der Waals surface area contributed by atoms with Crippen LogP contribution in [0.3, 0.4) is 0 Å². The van der Waals surface area contributed by atoms with Crippen molar-refractivity contribution in [3.63, 3.8) is 0 Å². The van der Waals surface area contributed by atoms with Crippen LogP contribution in [0.1, 0.15) is 23.6 Å². The van der Waals surface area contributed by atoms with Crippen molar-refractivity contribution in [1.29, 1.82) is 0 Å². The molecule has 0 aliphatic heterocycles. The zero-order chi connectivity index (χ0) is 10.7. The molecule has 0 spiro atoms. The van der Waals surface area contributed by atoms with E-state index in [4.69, 9.17) is 4.74 Å². The highest BCUT2D eigenvalue weighted by Crippen LogP contribution is 2.24. The fourth-order valence-corrected chi connectivity index (χ4v) is 1.61. The molecule has 2 nitrogen and oxygen atoms in total. The largest absolute Gasteiger partial charge is 0.496 e. The molecule has 0 aromatic heterocycles. The van der Waals surface area contributed by atoms with Gasteiger partial charge in [0.05, 0.1) is 13.2 Å². The highest BCUT2D eigenvalue weighted by Gasteiger charge is 2.08. The van der Waals surface area contributed by atoms with Crippen LogP contribution in [0, 0.1) is 13.8 Å². The fourth-order valence-electron chi connectivity index (χ4n) is 1.61. The second-order valence-electron chi connectivity index (χ2n) is 3.73. The lowest BCUT2D eigenvalue weighted by atomic mass is 9.98. The molecule has 1 unspecified atom stereocenters. The first-order valence-electron chi connectivity index (χ1n) is 4.87. The molecule has 0 aliphatic rings. The van der Waals surface area contributed by atoms with Crippen molar-refractivity contribution >= 4 is 0 Å². The predicted molar refractivity (Wildman–Crippen MR) is 57.9 cm³/mol. The van der Waals surface area contributed by atoms with Gasteiger partial charge in [-0.15, -0.1) is 0 Å². The monoisotopic (exact) mass is 194 g/mol. The summed E-state index contributed by atoms with van der Waals surface area (Å²) in [4.78, 5) is 0. The van der Waals surface area contributed by atoms with Crippen LogP contribution in [0.15, 0.2) is 12.1 Å². The molecule has 1 aromatic carbocycles. The van der Waals surface area contributed by atoms with Crippen molar-refractivity contribution in [2.24, 2.45) is 0 Å². The number of ether oxygens (including phenoxy) is 1. The number of aliphatic hydroxyl groups excluding tert-OH is 1. The fraction of sp³-hybridized carbons (Fsp3) is 0.500. The highest BCUT2D eigenvalue weighted by molar-refractivity contribution is 5.43. The van der Waals surface area contributed by atoms with E-state index in [1.54, 1.807) is 14.0 Å². The molecule has 0 saturated heterocycles. The number of hydrogen-bond donors (Lipinski definition) is 1. The maximum atomic E-state index is 9.32. The second kappa shape index (κ2) is 4.47. The Morgan fingerprint density at radius 2 is 1.93 bits per heavy atom. The normalized spacial score (nSPS) is 12.6. The van der Waals surface area contributed by atoms with Gasteiger partial charge in [0.15, 0.2) is 0 Å². The van der Waals surface area contributed by atoms with E-state index in [9.17, 15) is 5.11 Å². The van der Waals surface area contributed by atoms with Gasteiger partial charge in [-0.1, -0.05) is 6.07 Å². The number of aliphatic hydroxyl groups is 1. The van der Waals surface area contributed by atoms with Gasteiger partial charge in [-0.3, -0.25) is 0 Å². The van der Waals surface area contributed by atoms with Crippen LogP contribution >= 0.6 is 0 Å². The maximum Gasteiger partial charge on any atom is 0.122 e. The molecule has 1 aromatic rings. The van der Waals surface area contributed by atoms with Gasteiger partial charge >= 0.3 is 0 Å². The summed E-state index contributed by atoms with van der Waals surface area (Å²) in [5, 5.41) is 9.32. The number of hydrogen-bond acceptors (Lipinski definition) is 2. The van der Waals surface area contributed by atoms with Gasteiger partial charge in [0.2, 0.25) is 0 Å². The SMILES string of the molecule is COc1ccc(CC(C)O)c(C)c1C. The molecule has 0 saturated carbocycles. The third-order valence-electron chi connectivity index (χ3n) is 2.58. The van der Waals surface area contributed by atoms with Crippen LogP contribution in [-0.2, 0) is 6.42 Å². The van der Waals surface area contributed by atoms with Crippen LogP contribution in [-0.4, -0.2) is 18.3 Å². The minimum absolute atomic E-state index is 0.290. The van der Waals surface area contributed by atoms with E-state index in [-0.39, 0.29) is 6.10 Å². The van der Waals surface area contributed by atoms with Crippen molar-refractivity contribution in [2.75, 3.05) is 7.11 Å². The predicted octanol–water partition coefficient (Wildman–Crippen LogP) is 2.24. The third kappa shape index (κ3) is 2.26. The molecule has 1 rings (SSSR count). The van der Waals surface area contributed by atoms with E-state index < -0.39 is 0 Å². The molecule has 2 heteroatoms. The Morgan fingerprint density at radius 1 is 1.29 bits per heavy atom. The Morgan fingerprint density at radius 3 is 2.43 bits per heavy atom. The molecule has 0 aliphatic carbocycles. The third-order valence-corrected chi connectivity index (χ3v) is 2.58. The van der Waals surface area contributed by atoms with E-state index in [1.165, 1.54) is 11.1 Å². The Kier molecular flexibility index (Phi) is 3.53. The van der Waals surface area contributed by atoms with Crippen LogP contribution in [0.5, 0.6) is 5.75 Å². The first kappa shape index (κ1) is 11.1. The average molecular weight is 194 g/mol. The van der Waals surface area contributed by atoms with Gasteiger partial charge in [-0.25, -0.2) is 0 Å². The molecule has 0 bridgehead atoms. The Bertz CT molecular complexity index is 316. The standard InChI is InChI=1S/C12H18O2/c1-8(13)7-11-5-6-12(14-4)10(3)9(11)2/h5-6,8,13H,7H2,1-4H3. The summed E-state index contributed by atoms with van der Waals surface area (Å²) < 4.78 is 5.22. The topological polar surface area (TPSA) is 29.5 Å². The minimum Gasteiger partial charge on any atom is -0.496 e. The number of benzene rings is 1. The lowest BCUT2D eigenvalue weighted by Crippen LogP contribution is -2.06. The van der Waals surface area contributed by atoms with Crippen molar-refractivity contribution < 1.29 is 9.84 Å². The molecular formula is C12H18O2. The van der Waals surface area contributed by atoms with Crippen molar-refractivity contribution in [3.8, 4) is 5.75 Å². The van der Waals surface area contributed by atoms with E-state index >= 15 is 0 Å². The van der Waals surface area contributed by atoms with Gasteiger partial charge in [0.25, 0.3) is 0 Å². The number of methoxy groups -OCH3 is 1. The summed E-state index contributed by atoms with van der Waals surface area (Å²) in [5.41, 5.74) is 3.56. The van der Waals surface area contributed by atoms with E-state index in [1.807, 2.05) is 19.1 Å². The molecule has 78 valence electrons. The molecule has 0 fully saturated rings. The molecular weight excluding hydrogens is 176 g/mol. The van der Waals surface area contributed by atoms with Gasteiger partial charge in [0, 0.05) is 0 Å². The van der Waals surface area contributed by atoms with Crippen LogP contribution in [0.4, 0.5) is 0 Å². The van der Waals surface area contributed by atoms with Gasteiger partial charge < -0.3 is 9.84 Å². The summed E-state index contributed by atoms with van der Waals surface area (Å²) in [6.07, 6.45) is 0.415. The summed E-state index contributed by atoms with van der Waals surface area (Å²) in [7, 11) is 1.68. The van der Waals surface area contributed by atoms with Crippen LogP contribution in [0.2, 0.25) is 0 Å². The minimum atomic E-state index is -0.290. The maximum absolute atomic E-state index is 9.32. The Balaban J connectivity index is 3.04. The van der Waals surface area contributed by atoms with E-state index in [2.05, 4.69) is 6.92 Å². The second-order valence-corrected chi connectivity index (χ2v) is 3.73. The van der Waals surface area contributed by atoms with Crippen molar-refractivity contribution in [3.05, 3.63) is 28.8 Å². The Labute approximate surface area is 85.5 Å². The molecule has 0 radical (unpaired) electrons. The summed E-state index contributed by atoms with van der Waals surface area (Å²) in [5.74, 6) is 0.914. The smallest absolute Gasteiger partial charge is 0.122 e. The zero-order valence-corrected chi connectivity index (χ0v) is 9.29. The first-order valence-corrected chi connectivity index (χ1v) is 4.87. The van der Waals surface area contributed by atoms with Gasteiger partial charge in [0.1, 0.15) is 5.75 Å². The van der Waals surface area contributed by atoms with Gasteiger partial charge in [-0.2, -0.15) is 0 Å². The quantitative estimate of drug-likeness (QED) is 0.799. The molecule has 14 heavy (non-hydrogen) atoms. The molecule has 1 N–H and O–H groups in total. The Hall–Kier alpha value is -1.02. The zero-order valence-electron chi connectivity index (χ0n) is 9.29. The average Bonchev–Trinajstić information content (AvgIpc) is 2.13. The molecule has 0 amide bonds. The van der Waals surface area contributed by atoms with Crippen LogP contribution in [0.25, 0.3) is 0 Å². The summed E-state index contributed by atoms with van der Waals surface area (Å²) in [6, 6.07) is 3.98. The number of rotatable bonds is 3.